The van der Waals surface area contributed by atoms with E-state index >= 15 is 0 Å². The number of piperidine rings is 1. The van der Waals surface area contributed by atoms with Gasteiger partial charge in [-0.2, -0.15) is 0 Å². The lowest BCUT2D eigenvalue weighted by Crippen LogP contribution is -2.50. The third kappa shape index (κ3) is 3.01. The van der Waals surface area contributed by atoms with Crippen molar-refractivity contribution in [2.75, 3.05) is 26.2 Å². The monoisotopic (exact) mass is 279 g/mol. The first-order chi connectivity index (χ1) is 9.73. The van der Waals surface area contributed by atoms with E-state index in [9.17, 15) is 4.79 Å². The van der Waals surface area contributed by atoms with Crippen LogP contribution in [0, 0.1) is 5.41 Å². The third-order valence-corrected chi connectivity index (χ3v) is 5.39. The van der Waals surface area contributed by atoms with Crippen molar-refractivity contribution in [1.29, 1.82) is 0 Å². The van der Waals surface area contributed by atoms with Gasteiger partial charge in [-0.1, -0.05) is 13.3 Å². The van der Waals surface area contributed by atoms with Crippen LogP contribution in [0.5, 0.6) is 0 Å². The fraction of sp³-hybridized carbons (Fsp3) is 0.938. The number of carbonyl (C=O) groups is 1. The number of carbonyl (C=O) groups excluding carboxylic acids is 1. The number of amides is 1. The molecule has 1 saturated carbocycles. The molecule has 4 nitrogen and oxygen atoms in total. The van der Waals surface area contributed by atoms with Crippen molar-refractivity contribution in [3.05, 3.63) is 0 Å². The second-order valence-corrected chi connectivity index (χ2v) is 6.97. The Labute approximate surface area is 122 Å². The van der Waals surface area contributed by atoms with Crippen molar-refractivity contribution in [2.45, 2.75) is 64.0 Å². The van der Waals surface area contributed by atoms with Crippen LogP contribution in [0.15, 0.2) is 0 Å². The Hall–Kier alpha value is -0.610. The highest BCUT2D eigenvalue weighted by Gasteiger charge is 2.41. The lowest BCUT2D eigenvalue weighted by atomic mass is 9.74. The van der Waals surface area contributed by atoms with Crippen molar-refractivity contribution in [2.24, 2.45) is 5.41 Å². The van der Waals surface area contributed by atoms with Crippen molar-refractivity contribution >= 4 is 5.91 Å². The lowest BCUT2D eigenvalue weighted by Gasteiger charge is -2.37. The molecule has 0 spiro atoms. The highest BCUT2D eigenvalue weighted by atomic mass is 16.2. The van der Waals surface area contributed by atoms with Crippen LogP contribution >= 0.6 is 0 Å². The maximum atomic E-state index is 12.8. The van der Waals surface area contributed by atoms with E-state index in [0.29, 0.717) is 11.9 Å². The Morgan fingerprint density at radius 1 is 1.30 bits per heavy atom. The van der Waals surface area contributed by atoms with Crippen LogP contribution in [0.3, 0.4) is 0 Å². The first kappa shape index (κ1) is 14.3. The average Bonchev–Trinajstić information content (AvgIpc) is 3.21. The molecular weight excluding hydrogens is 250 g/mol. The molecule has 0 aromatic rings. The topological polar surface area (TPSA) is 44.4 Å². The molecule has 0 bridgehead atoms. The minimum absolute atomic E-state index is 0.0903. The van der Waals surface area contributed by atoms with Crippen LogP contribution < -0.4 is 10.6 Å². The highest BCUT2D eigenvalue weighted by Crippen LogP contribution is 2.35. The van der Waals surface area contributed by atoms with Gasteiger partial charge in [0.05, 0.1) is 5.41 Å². The first-order valence-electron chi connectivity index (χ1n) is 8.49. The molecule has 0 radical (unpaired) electrons. The second-order valence-electron chi connectivity index (χ2n) is 6.97. The predicted molar refractivity (Wildman–Crippen MR) is 80.6 cm³/mol. The van der Waals surface area contributed by atoms with E-state index in [4.69, 9.17) is 0 Å². The van der Waals surface area contributed by atoms with Gasteiger partial charge in [0.15, 0.2) is 0 Å². The van der Waals surface area contributed by atoms with Crippen molar-refractivity contribution < 1.29 is 4.79 Å². The SMILES string of the molecule is CCCC1(C(=O)NC2CCN(C3CC3)C2)CCNCC1. The number of nitrogens with zero attached hydrogens (tertiary/aromatic N) is 1. The van der Waals surface area contributed by atoms with Crippen molar-refractivity contribution in [3.63, 3.8) is 0 Å². The summed E-state index contributed by atoms with van der Waals surface area (Å²) in [5.74, 6) is 0.337. The molecule has 2 saturated heterocycles. The van der Waals surface area contributed by atoms with Crippen LogP contribution in [0.25, 0.3) is 0 Å². The molecule has 3 rings (SSSR count). The number of rotatable bonds is 5. The molecular formula is C16H29N3O. The average molecular weight is 279 g/mol. The van der Waals surface area contributed by atoms with Gasteiger partial charge in [-0.3, -0.25) is 9.69 Å². The number of hydrogen-bond acceptors (Lipinski definition) is 3. The Morgan fingerprint density at radius 3 is 2.70 bits per heavy atom. The van der Waals surface area contributed by atoms with E-state index in [0.717, 1.165) is 57.8 Å². The third-order valence-electron chi connectivity index (χ3n) is 5.39. The summed E-state index contributed by atoms with van der Waals surface area (Å²) in [5, 5.41) is 6.77. The largest absolute Gasteiger partial charge is 0.352 e. The van der Waals surface area contributed by atoms with E-state index < -0.39 is 0 Å². The fourth-order valence-electron chi connectivity index (χ4n) is 3.99. The summed E-state index contributed by atoms with van der Waals surface area (Å²) in [5.41, 5.74) is -0.0903. The van der Waals surface area contributed by atoms with Crippen LogP contribution in [-0.2, 0) is 4.79 Å². The van der Waals surface area contributed by atoms with E-state index in [-0.39, 0.29) is 5.41 Å². The molecule has 2 N–H and O–H groups in total. The van der Waals surface area contributed by atoms with Gasteiger partial charge in [-0.15, -0.1) is 0 Å². The molecule has 1 amide bonds. The maximum Gasteiger partial charge on any atom is 0.226 e. The molecule has 3 aliphatic rings. The molecule has 0 aromatic heterocycles. The summed E-state index contributed by atoms with van der Waals surface area (Å²) >= 11 is 0. The zero-order valence-corrected chi connectivity index (χ0v) is 12.8. The quantitative estimate of drug-likeness (QED) is 0.802. The molecule has 4 heteroatoms. The number of likely N-dealkylation sites (tertiary alicyclic amines) is 1. The molecule has 0 aromatic carbocycles. The van der Waals surface area contributed by atoms with Gasteiger partial charge in [0.2, 0.25) is 5.91 Å². The molecule has 1 aliphatic carbocycles. The molecule has 20 heavy (non-hydrogen) atoms. The zero-order valence-electron chi connectivity index (χ0n) is 12.8. The van der Waals surface area contributed by atoms with Crippen LogP contribution in [-0.4, -0.2) is 49.1 Å². The number of hydrogen-bond donors (Lipinski definition) is 2. The first-order valence-corrected chi connectivity index (χ1v) is 8.49. The predicted octanol–water partition coefficient (Wildman–Crippen LogP) is 1.51. The molecule has 114 valence electrons. The summed E-state index contributed by atoms with van der Waals surface area (Å²) in [7, 11) is 0. The Kier molecular flexibility index (Phi) is 4.32. The highest BCUT2D eigenvalue weighted by molar-refractivity contribution is 5.83. The van der Waals surface area contributed by atoms with Crippen molar-refractivity contribution in [1.82, 2.24) is 15.5 Å². The van der Waals surface area contributed by atoms with Gasteiger partial charge in [-0.25, -0.2) is 0 Å². The number of nitrogens with one attached hydrogen (secondary N) is 2. The summed E-state index contributed by atoms with van der Waals surface area (Å²) in [6, 6.07) is 1.23. The van der Waals surface area contributed by atoms with Gasteiger partial charge in [0.25, 0.3) is 0 Å². The molecule has 2 heterocycles. The van der Waals surface area contributed by atoms with Crippen LogP contribution in [0.4, 0.5) is 0 Å². The molecule has 1 atom stereocenters. The van der Waals surface area contributed by atoms with E-state index in [2.05, 4.69) is 22.5 Å². The van der Waals surface area contributed by atoms with Gasteiger partial charge in [-0.05, 0) is 51.6 Å². The minimum Gasteiger partial charge on any atom is -0.352 e. The molecule has 2 aliphatic heterocycles. The Balaban J connectivity index is 1.56. The zero-order chi connectivity index (χ0) is 14.0. The lowest BCUT2D eigenvalue weighted by molar-refractivity contribution is -0.133. The second kappa shape index (κ2) is 6.02. The fourth-order valence-corrected chi connectivity index (χ4v) is 3.99. The minimum atomic E-state index is -0.0903. The van der Waals surface area contributed by atoms with E-state index in [1.807, 2.05) is 0 Å². The van der Waals surface area contributed by atoms with Gasteiger partial charge in [0, 0.05) is 25.2 Å². The standard InChI is InChI=1S/C16H29N3O/c1-2-6-16(7-9-17-10-8-16)15(20)18-13-5-11-19(12-13)14-3-4-14/h13-14,17H,2-12H2,1H3,(H,18,20). The molecule has 3 fully saturated rings. The Morgan fingerprint density at radius 2 is 2.05 bits per heavy atom. The summed E-state index contributed by atoms with van der Waals surface area (Å²) in [4.78, 5) is 15.4. The maximum absolute atomic E-state index is 12.8. The van der Waals surface area contributed by atoms with E-state index in [1.54, 1.807) is 0 Å². The van der Waals surface area contributed by atoms with Gasteiger partial charge in [0.1, 0.15) is 0 Å². The summed E-state index contributed by atoms with van der Waals surface area (Å²) < 4.78 is 0. The van der Waals surface area contributed by atoms with Gasteiger partial charge >= 0.3 is 0 Å². The van der Waals surface area contributed by atoms with Crippen LogP contribution in [0.2, 0.25) is 0 Å². The summed E-state index contributed by atoms with van der Waals surface area (Å²) in [6.07, 6.45) is 8.03. The Bertz CT molecular complexity index is 342. The molecule has 1 unspecified atom stereocenters. The normalized spacial score (nSPS) is 30.4. The van der Waals surface area contributed by atoms with Crippen molar-refractivity contribution in [3.8, 4) is 0 Å². The van der Waals surface area contributed by atoms with Gasteiger partial charge < -0.3 is 10.6 Å². The smallest absolute Gasteiger partial charge is 0.226 e. The van der Waals surface area contributed by atoms with E-state index in [1.165, 1.54) is 19.4 Å². The summed E-state index contributed by atoms with van der Waals surface area (Å²) in [6.45, 7) is 6.44. The van der Waals surface area contributed by atoms with Crippen LogP contribution in [0.1, 0.15) is 51.9 Å².